The van der Waals surface area contributed by atoms with E-state index >= 15 is 0 Å². The molecule has 0 radical (unpaired) electrons. The van der Waals surface area contributed by atoms with E-state index in [-0.39, 0.29) is 73.8 Å². The second-order valence-electron chi connectivity index (χ2n) is 12.3. The third-order valence-electron chi connectivity index (χ3n) is 8.09. The van der Waals surface area contributed by atoms with Gasteiger partial charge >= 0.3 is 23.9 Å². The molecule has 0 aliphatic heterocycles. The molecule has 0 fully saturated rings. The molecule has 0 unspecified atom stereocenters. The standard InChI is InChI=1S/C16H11NO6.2C15H11NO4.Fe/c18-14-7-4-11(9-13(14)17-22)16(21)23-12-5-1-10(2-6-12)3-8-15(19)20;2*1-2-10-3-6-12(7-4-10)20-15(18)11-5-8-14(17)13(9-11)16-19;/h1-9,18H,(H,19,20);2*2-9,17H,1H2;/b8-3-;;;. The summed E-state index contributed by atoms with van der Waals surface area (Å²) in [4.78, 5) is 77.5. The number of phenols is 3. The molecule has 0 atom stereocenters. The van der Waals surface area contributed by atoms with Crippen molar-refractivity contribution >= 4 is 59.2 Å². The maximum Gasteiger partial charge on any atom is 0.343 e. The largest absolute Gasteiger partial charge is 0.506 e. The van der Waals surface area contributed by atoms with Gasteiger partial charge in [-0.3, -0.25) is 0 Å². The molecule has 0 amide bonds. The molecule has 6 aromatic carbocycles. The molecule has 0 aliphatic carbocycles. The summed E-state index contributed by atoms with van der Waals surface area (Å²) in [6.45, 7) is 7.25. The number of phenolic OH excluding ortho intramolecular Hbond substituents is 3. The molecule has 4 N–H and O–H groups in total. The minimum Gasteiger partial charge on any atom is -0.506 e. The van der Waals surface area contributed by atoms with Gasteiger partial charge in [-0.25, -0.2) is 19.2 Å². The van der Waals surface area contributed by atoms with E-state index in [9.17, 15) is 49.2 Å². The molecular weight excluding hydrogens is 874 g/mol. The zero-order valence-electron chi connectivity index (χ0n) is 32.9. The van der Waals surface area contributed by atoms with Crippen molar-refractivity contribution in [1.82, 2.24) is 0 Å². The number of benzene rings is 6. The first-order valence-corrected chi connectivity index (χ1v) is 17.9. The maximum absolute atomic E-state index is 12.0. The Morgan fingerprint density at radius 1 is 0.453 bits per heavy atom. The Hall–Kier alpha value is -8.86. The van der Waals surface area contributed by atoms with E-state index in [1.165, 1.54) is 66.7 Å². The van der Waals surface area contributed by atoms with Gasteiger partial charge < -0.3 is 34.6 Å². The van der Waals surface area contributed by atoms with Crippen LogP contribution in [0.5, 0.6) is 34.5 Å². The minimum atomic E-state index is -1.06. The third-order valence-corrected chi connectivity index (χ3v) is 8.09. The number of rotatable bonds is 13. The number of nitroso groups, excluding NO2 is 3. The molecule has 324 valence electrons. The number of carbonyl (C=O) groups excluding carboxylic acids is 3. The van der Waals surface area contributed by atoms with Crippen LogP contribution >= 0.6 is 0 Å². The third kappa shape index (κ3) is 14.7. The van der Waals surface area contributed by atoms with Crippen LogP contribution in [0.1, 0.15) is 47.8 Å². The average Bonchev–Trinajstić information content (AvgIpc) is 3.30. The molecule has 0 saturated heterocycles. The van der Waals surface area contributed by atoms with Crippen LogP contribution in [0.3, 0.4) is 0 Å². The Morgan fingerprint density at radius 2 is 0.734 bits per heavy atom. The number of carboxylic acid groups (broad SMARTS) is 1. The summed E-state index contributed by atoms with van der Waals surface area (Å²) in [6, 6.07) is 30.8. The van der Waals surface area contributed by atoms with E-state index in [1.807, 2.05) is 0 Å². The van der Waals surface area contributed by atoms with Crippen LogP contribution in [0.2, 0.25) is 0 Å². The number of carboxylic acids is 1. The van der Waals surface area contributed by atoms with E-state index in [4.69, 9.17) is 19.3 Å². The van der Waals surface area contributed by atoms with Gasteiger partial charge in [0, 0.05) is 23.1 Å². The van der Waals surface area contributed by atoms with Crippen LogP contribution in [-0.2, 0) is 21.9 Å². The summed E-state index contributed by atoms with van der Waals surface area (Å²) >= 11 is 0. The Labute approximate surface area is 373 Å². The Balaban J connectivity index is 0.000000254. The monoisotopic (exact) mass is 907 g/mol. The zero-order chi connectivity index (χ0) is 45.9. The topological polar surface area (TPSA) is 265 Å². The minimum absolute atomic E-state index is 0. The second kappa shape index (κ2) is 24.4. The van der Waals surface area contributed by atoms with Gasteiger partial charge in [0.15, 0.2) is 0 Å². The molecule has 0 spiro atoms. The number of aliphatic carboxylic acids is 1. The van der Waals surface area contributed by atoms with Gasteiger partial charge in [-0.1, -0.05) is 61.7 Å². The number of hydrogen-bond donors (Lipinski definition) is 4. The predicted molar refractivity (Wildman–Crippen MR) is 232 cm³/mol. The van der Waals surface area contributed by atoms with E-state index in [2.05, 4.69) is 28.7 Å². The summed E-state index contributed by atoms with van der Waals surface area (Å²) in [5.41, 5.74) is 2.09. The number of nitrogens with zero attached hydrogens (tertiary/aromatic N) is 3. The van der Waals surface area contributed by atoms with Crippen molar-refractivity contribution in [3.8, 4) is 34.5 Å². The summed E-state index contributed by atoms with van der Waals surface area (Å²) in [5, 5.41) is 44.3. The Kier molecular flexibility index (Phi) is 18.9. The zero-order valence-corrected chi connectivity index (χ0v) is 34.0. The van der Waals surface area contributed by atoms with Crippen LogP contribution in [0.15, 0.2) is 162 Å². The smallest absolute Gasteiger partial charge is 0.343 e. The fourth-order valence-corrected chi connectivity index (χ4v) is 4.83. The van der Waals surface area contributed by atoms with Gasteiger partial charge in [-0.05, 0) is 129 Å². The number of carbonyl (C=O) groups is 4. The van der Waals surface area contributed by atoms with Gasteiger partial charge in [0.05, 0.1) is 16.7 Å². The molecule has 0 aliphatic rings. The van der Waals surface area contributed by atoms with Crippen LogP contribution in [0.4, 0.5) is 17.1 Å². The predicted octanol–water partition coefficient (Wildman–Crippen LogP) is 10.4. The van der Waals surface area contributed by atoms with Crippen molar-refractivity contribution in [3.63, 3.8) is 0 Å². The molecule has 0 heterocycles. The van der Waals surface area contributed by atoms with Gasteiger partial charge in [0.2, 0.25) is 0 Å². The number of hydrogen-bond acceptors (Lipinski definition) is 16. The molecule has 0 bridgehead atoms. The van der Waals surface area contributed by atoms with Crippen molar-refractivity contribution < 1.29 is 70.9 Å². The summed E-state index contributed by atoms with van der Waals surface area (Å²) < 4.78 is 15.4. The van der Waals surface area contributed by atoms with E-state index < -0.39 is 23.9 Å². The van der Waals surface area contributed by atoms with E-state index in [1.54, 1.807) is 72.8 Å². The SMILES string of the molecule is C=Cc1ccc(OC(=O)c2ccc(O)c(N=O)c2)cc1.C=Cc1ccc(OC(=O)c2ccc(O)c(N=O)c2)cc1.O=Nc1cc(C(=O)Oc2ccc(/C=C\C(=O)O)cc2)ccc1O.[Fe]. The van der Waals surface area contributed by atoms with Crippen LogP contribution in [0.25, 0.3) is 18.2 Å². The first kappa shape index (κ1) is 49.5. The van der Waals surface area contributed by atoms with Gasteiger partial charge in [-0.15, -0.1) is 14.7 Å². The van der Waals surface area contributed by atoms with E-state index in [0.29, 0.717) is 17.1 Å². The van der Waals surface area contributed by atoms with Crippen molar-refractivity contribution in [3.05, 3.63) is 195 Å². The Bertz CT molecular complexity index is 2580. The van der Waals surface area contributed by atoms with Gasteiger partial charge in [-0.2, -0.15) is 0 Å². The number of ether oxygens (including phenoxy) is 3. The Morgan fingerprint density at radius 3 is 0.984 bits per heavy atom. The number of aromatic hydroxyl groups is 3. The molecule has 17 nitrogen and oxygen atoms in total. The van der Waals surface area contributed by atoms with Gasteiger partial charge in [0.25, 0.3) is 0 Å². The summed E-state index contributed by atoms with van der Waals surface area (Å²) in [6.07, 6.45) is 5.74. The summed E-state index contributed by atoms with van der Waals surface area (Å²) in [7, 11) is 0. The normalized spacial score (nSPS) is 9.88. The fourth-order valence-electron chi connectivity index (χ4n) is 4.83. The molecule has 6 rings (SSSR count). The maximum atomic E-state index is 12.0. The summed E-state index contributed by atoms with van der Waals surface area (Å²) in [5.74, 6) is -2.97. The number of esters is 3. The molecule has 0 saturated carbocycles. The van der Waals surface area contributed by atoms with E-state index in [0.717, 1.165) is 23.3 Å². The van der Waals surface area contributed by atoms with Gasteiger partial charge in [0.1, 0.15) is 51.6 Å². The van der Waals surface area contributed by atoms with Crippen LogP contribution < -0.4 is 14.2 Å². The molecular formula is C46H33FeN3O14. The molecule has 0 aromatic heterocycles. The van der Waals surface area contributed by atoms with Crippen LogP contribution in [-0.4, -0.2) is 44.3 Å². The molecule has 6 aromatic rings. The van der Waals surface area contributed by atoms with Crippen molar-refractivity contribution in [2.75, 3.05) is 0 Å². The first-order chi connectivity index (χ1) is 30.3. The van der Waals surface area contributed by atoms with Crippen molar-refractivity contribution in [2.24, 2.45) is 15.5 Å². The molecule has 18 heteroatoms. The molecule has 64 heavy (non-hydrogen) atoms. The van der Waals surface area contributed by atoms with Crippen LogP contribution in [0, 0.1) is 14.7 Å². The first-order valence-electron chi connectivity index (χ1n) is 17.9. The average molecular weight is 908 g/mol. The quantitative estimate of drug-likeness (QED) is 0.0276. The second-order valence-corrected chi connectivity index (χ2v) is 12.3. The van der Waals surface area contributed by atoms with Crippen molar-refractivity contribution in [1.29, 1.82) is 0 Å². The fraction of sp³-hybridized carbons (Fsp3) is 0. The van der Waals surface area contributed by atoms with Crippen molar-refractivity contribution in [2.45, 2.75) is 0 Å².